The minimum Gasteiger partial charge on any atom is -0.394 e. The Hall–Kier alpha value is -1.25. The molecule has 0 radical (unpaired) electrons. The molecular formula is C7H13N3O5. The third-order valence-electron chi connectivity index (χ3n) is 2.24. The lowest BCUT2D eigenvalue weighted by atomic mass is 10.0. The summed E-state index contributed by atoms with van der Waals surface area (Å²) in [5.74, 6) is 0. The van der Waals surface area contributed by atoms with Crippen molar-refractivity contribution in [2.24, 2.45) is 11.0 Å². The summed E-state index contributed by atoms with van der Waals surface area (Å²) in [4.78, 5) is 21.0. The Morgan fingerprint density at radius 2 is 2.27 bits per heavy atom. The number of rotatable bonds is 3. The highest BCUT2D eigenvalue weighted by Gasteiger charge is 2.34. The SMILES string of the molecule is NC(=O)N(N=O)[C@H]1CC[C@H](O)[C@H](CO)O1. The van der Waals surface area contributed by atoms with Crippen LogP contribution in [0.15, 0.2) is 5.29 Å². The van der Waals surface area contributed by atoms with Gasteiger partial charge in [-0.2, -0.15) is 0 Å². The molecule has 0 aliphatic carbocycles. The monoisotopic (exact) mass is 219 g/mol. The van der Waals surface area contributed by atoms with E-state index in [0.29, 0.717) is 11.4 Å². The minimum absolute atomic E-state index is 0.242. The Balaban J connectivity index is 2.64. The summed E-state index contributed by atoms with van der Waals surface area (Å²) in [6.45, 7) is -0.400. The highest BCUT2D eigenvalue weighted by Crippen LogP contribution is 2.22. The topological polar surface area (TPSA) is 125 Å². The van der Waals surface area contributed by atoms with Crippen LogP contribution in [-0.4, -0.2) is 46.3 Å². The van der Waals surface area contributed by atoms with Crippen molar-refractivity contribution in [3.05, 3.63) is 4.91 Å². The molecule has 1 rings (SSSR count). The number of aliphatic hydroxyl groups is 2. The number of carbonyl (C=O) groups excluding carboxylic acids is 1. The van der Waals surface area contributed by atoms with Gasteiger partial charge in [-0.1, -0.05) is 0 Å². The van der Waals surface area contributed by atoms with Gasteiger partial charge in [0.15, 0.2) is 6.23 Å². The number of urea groups is 1. The number of hydrogen-bond donors (Lipinski definition) is 3. The summed E-state index contributed by atoms with van der Waals surface area (Å²) in [6, 6.07) is -1.02. The zero-order valence-corrected chi connectivity index (χ0v) is 7.94. The van der Waals surface area contributed by atoms with E-state index in [4.69, 9.17) is 15.6 Å². The number of carbonyl (C=O) groups is 1. The van der Waals surface area contributed by atoms with E-state index >= 15 is 0 Å². The molecule has 0 saturated carbocycles. The molecule has 0 unspecified atom stereocenters. The number of nitrogens with two attached hydrogens (primary N) is 1. The molecule has 3 atom stereocenters. The Morgan fingerprint density at radius 1 is 1.60 bits per heavy atom. The van der Waals surface area contributed by atoms with Crippen molar-refractivity contribution in [2.45, 2.75) is 31.3 Å². The number of nitrogens with zero attached hydrogens (tertiary/aromatic N) is 2. The van der Waals surface area contributed by atoms with E-state index in [-0.39, 0.29) is 6.42 Å². The number of hydrogen-bond acceptors (Lipinski definition) is 6. The first kappa shape index (κ1) is 11.8. The predicted molar refractivity (Wildman–Crippen MR) is 48.2 cm³/mol. The molecule has 1 aliphatic heterocycles. The maximum atomic E-state index is 10.8. The van der Waals surface area contributed by atoms with Gasteiger partial charge in [0, 0.05) is 0 Å². The van der Waals surface area contributed by atoms with E-state index in [0.717, 1.165) is 0 Å². The van der Waals surface area contributed by atoms with E-state index in [1.807, 2.05) is 0 Å². The molecule has 0 bridgehead atoms. The average Bonchev–Trinajstić information content (AvgIpc) is 2.21. The maximum Gasteiger partial charge on any atom is 0.340 e. The number of aliphatic hydroxyl groups excluding tert-OH is 2. The van der Waals surface area contributed by atoms with Crippen LogP contribution in [0.2, 0.25) is 0 Å². The van der Waals surface area contributed by atoms with E-state index < -0.39 is 31.1 Å². The van der Waals surface area contributed by atoms with Crippen LogP contribution in [0.5, 0.6) is 0 Å². The Labute approximate surface area is 85.6 Å². The molecule has 86 valence electrons. The van der Waals surface area contributed by atoms with E-state index in [9.17, 15) is 14.8 Å². The summed E-state index contributed by atoms with van der Waals surface area (Å²) >= 11 is 0. The second kappa shape index (κ2) is 5.01. The van der Waals surface area contributed by atoms with Gasteiger partial charge in [-0.15, -0.1) is 9.92 Å². The summed E-state index contributed by atoms with van der Waals surface area (Å²) in [5.41, 5.74) is 4.89. The lowest BCUT2D eigenvalue weighted by Gasteiger charge is -2.34. The van der Waals surface area contributed by atoms with Crippen molar-refractivity contribution in [2.75, 3.05) is 6.61 Å². The standard InChI is InChI=1S/C7H13N3O5/c8-7(13)10(9-14)6-2-1-4(12)5(3-11)15-6/h4-6,11-12H,1-3H2,(H2,8,13)/t4-,5-,6+/m0/s1. The van der Waals surface area contributed by atoms with Gasteiger partial charge >= 0.3 is 6.03 Å². The average molecular weight is 219 g/mol. The van der Waals surface area contributed by atoms with Crippen LogP contribution in [0, 0.1) is 4.91 Å². The van der Waals surface area contributed by atoms with Crippen molar-refractivity contribution in [3.8, 4) is 0 Å². The zero-order valence-electron chi connectivity index (χ0n) is 7.94. The largest absolute Gasteiger partial charge is 0.394 e. The van der Waals surface area contributed by atoms with Crippen molar-refractivity contribution in [3.63, 3.8) is 0 Å². The van der Waals surface area contributed by atoms with Crippen molar-refractivity contribution in [1.29, 1.82) is 0 Å². The molecule has 4 N–H and O–H groups in total. The van der Waals surface area contributed by atoms with Crippen molar-refractivity contribution in [1.82, 2.24) is 5.01 Å². The van der Waals surface area contributed by atoms with Gasteiger partial charge < -0.3 is 20.7 Å². The molecular weight excluding hydrogens is 206 g/mol. The molecule has 0 spiro atoms. The molecule has 15 heavy (non-hydrogen) atoms. The lowest BCUT2D eigenvalue weighted by molar-refractivity contribution is -0.171. The fourth-order valence-corrected chi connectivity index (χ4v) is 1.44. The van der Waals surface area contributed by atoms with Crippen LogP contribution >= 0.6 is 0 Å². The summed E-state index contributed by atoms with van der Waals surface area (Å²) < 4.78 is 5.09. The second-order valence-electron chi connectivity index (χ2n) is 3.22. The van der Waals surface area contributed by atoms with Crippen LogP contribution in [-0.2, 0) is 4.74 Å². The Bertz CT molecular complexity index is 249. The molecule has 0 aromatic heterocycles. The van der Waals surface area contributed by atoms with E-state index in [1.165, 1.54) is 0 Å². The molecule has 0 aromatic carbocycles. The number of ether oxygens (including phenoxy) is 1. The van der Waals surface area contributed by atoms with Crippen molar-refractivity contribution >= 4 is 6.03 Å². The van der Waals surface area contributed by atoms with Gasteiger partial charge in [0.05, 0.1) is 18.0 Å². The van der Waals surface area contributed by atoms with Gasteiger partial charge in [-0.25, -0.2) is 4.79 Å². The maximum absolute atomic E-state index is 10.8. The van der Waals surface area contributed by atoms with Gasteiger partial charge in [0.2, 0.25) is 0 Å². The molecule has 8 heteroatoms. The fourth-order valence-electron chi connectivity index (χ4n) is 1.44. The Kier molecular flexibility index (Phi) is 3.95. The summed E-state index contributed by atoms with van der Waals surface area (Å²) in [6.07, 6.45) is -2.01. The summed E-state index contributed by atoms with van der Waals surface area (Å²) in [5, 5.41) is 21.1. The van der Waals surface area contributed by atoms with Crippen LogP contribution in [0.25, 0.3) is 0 Å². The Morgan fingerprint density at radius 3 is 2.73 bits per heavy atom. The van der Waals surface area contributed by atoms with Gasteiger partial charge in [-0.3, -0.25) is 0 Å². The first-order valence-electron chi connectivity index (χ1n) is 4.46. The first-order valence-corrected chi connectivity index (χ1v) is 4.46. The quantitative estimate of drug-likeness (QED) is 0.410. The number of nitroso groups, excluding NO2 is 1. The minimum atomic E-state index is -1.02. The molecule has 1 heterocycles. The number of amides is 2. The fraction of sp³-hybridized carbons (Fsp3) is 0.857. The molecule has 1 aliphatic rings. The molecule has 2 amide bonds. The van der Waals surface area contributed by atoms with Crippen molar-refractivity contribution < 1.29 is 19.7 Å². The molecule has 1 fully saturated rings. The van der Waals surface area contributed by atoms with Crippen LogP contribution < -0.4 is 5.73 Å². The van der Waals surface area contributed by atoms with E-state index in [2.05, 4.69) is 5.29 Å². The second-order valence-corrected chi connectivity index (χ2v) is 3.22. The highest BCUT2D eigenvalue weighted by atomic mass is 16.5. The third kappa shape index (κ3) is 2.61. The number of primary amides is 1. The molecule has 0 aromatic rings. The van der Waals surface area contributed by atoms with Crippen LogP contribution in [0.4, 0.5) is 4.79 Å². The van der Waals surface area contributed by atoms with Gasteiger partial charge in [0.1, 0.15) is 6.10 Å². The first-order chi connectivity index (χ1) is 7.10. The smallest absolute Gasteiger partial charge is 0.340 e. The summed E-state index contributed by atoms with van der Waals surface area (Å²) in [7, 11) is 0. The van der Waals surface area contributed by atoms with Gasteiger partial charge in [-0.05, 0) is 12.8 Å². The third-order valence-corrected chi connectivity index (χ3v) is 2.24. The molecule has 1 saturated heterocycles. The van der Waals surface area contributed by atoms with Crippen LogP contribution in [0.1, 0.15) is 12.8 Å². The predicted octanol–water partition coefficient (Wildman–Crippen LogP) is -1.09. The highest BCUT2D eigenvalue weighted by molar-refractivity contribution is 5.71. The van der Waals surface area contributed by atoms with Gasteiger partial charge in [0.25, 0.3) is 0 Å². The van der Waals surface area contributed by atoms with E-state index in [1.54, 1.807) is 0 Å². The zero-order chi connectivity index (χ0) is 11.4. The molecule has 8 nitrogen and oxygen atoms in total. The lowest BCUT2D eigenvalue weighted by Crippen LogP contribution is -2.49. The normalized spacial score (nSPS) is 30.9. The van der Waals surface area contributed by atoms with Crippen LogP contribution in [0.3, 0.4) is 0 Å².